The van der Waals surface area contributed by atoms with Crippen LogP contribution in [0, 0.1) is 18.3 Å². The van der Waals surface area contributed by atoms with Crippen LogP contribution in [0.3, 0.4) is 0 Å². The predicted molar refractivity (Wildman–Crippen MR) is 148 cm³/mol. The van der Waals surface area contributed by atoms with Crippen molar-refractivity contribution in [3.05, 3.63) is 135 Å². The Balaban J connectivity index is 1.37. The van der Waals surface area contributed by atoms with E-state index in [-0.39, 0.29) is 12.3 Å². The third-order valence-corrected chi connectivity index (χ3v) is 6.65. The van der Waals surface area contributed by atoms with Crippen LogP contribution in [0.5, 0.6) is 17.2 Å². The lowest BCUT2D eigenvalue weighted by molar-refractivity contribution is -0.133. The van der Waals surface area contributed by atoms with Gasteiger partial charge in [0.05, 0.1) is 12.3 Å². The van der Waals surface area contributed by atoms with Gasteiger partial charge < -0.3 is 19.9 Å². The normalized spacial score (nSPS) is 14.1. The first-order valence-corrected chi connectivity index (χ1v) is 12.7. The number of hydrogen-bond donors (Lipinski definition) is 1. The molecule has 0 radical (unpaired) electrons. The number of carbonyl (C=O) groups excluding carboxylic acids is 1. The molecule has 0 aromatic heterocycles. The molecule has 7 heteroatoms. The summed E-state index contributed by atoms with van der Waals surface area (Å²) in [6.45, 7) is 2.46. The van der Waals surface area contributed by atoms with Crippen molar-refractivity contribution in [1.29, 1.82) is 5.26 Å². The van der Waals surface area contributed by atoms with Crippen molar-refractivity contribution in [3.63, 3.8) is 0 Å². The molecule has 0 bridgehead atoms. The van der Waals surface area contributed by atoms with E-state index >= 15 is 0 Å². The number of carbonyl (C=O) groups is 1. The molecule has 0 saturated carbocycles. The Hall–Kier alpha value is -4.73. The molecule has 1 heterocycles. The third-order valence-electron chi connectivity index (χ3n) is 6.40. The Morgan fingerprint density at radius 2 is 1.72 bits per heavy atom. The van der Waals surface area contributed by atoms with E-state index in [1.165, 1.54) is 5.56 Å². The number of allylic oxidation sites excluding steroid dienone is 1. The molecule has 1 aliphatic heterocycles. The second kappa shape index (κ2) is 11.3. The number of fused-ring (bicyclic) bond motifs is 1. The lowest BCUT2D eigenvalue weighted by atomic mass is 9.83. The van der Waals surface area contributed by atoms with Gasteiger partial charge in [0.15, 0.2) is 0 Å². The van der Waals surface area contributed by atoms with Crippen LogP contribution in [-0.2, 0) is 17.8 Å². The average Bonchev–Trinajstić information content (AvgIpc) is 2.93. The Morgan fingerprint density at radius 3 is 2.46 bits per heavy atom. The smallest absolute Gasteiger partial charge is 0.315 e. The molecule has 39 heavy (non-hydrogen) atoms. The van der Waals surface area contributed by atoms with Gasteiger partial charge in [-0.3, -0.25) is 4.79 Å². The molecule has 4 aromatic carbocycles. The molecule has 2 N–H and O–H groups in total. The quantitative estimate of drug-likeness (QED) is 0.211. The van der Waals surface area contributed by atoms with Gasteiger partial charge in [0.25, 0.3) is 0 Å². The van der Waals surface area contributed by atoms with E-state index in [0.717, 1.165) is 22.3 Å². The molecule has 1 aliphatic rings. The second-order valence-corrected chi connectivity index (χ2v) is 9.68. The first kappa shape index (κ1) is 25.9. The minimum atomic E-state index is -0.472. The van der Waals surface area contributed by atoms with E-state index in [1.807, 2.05) is 55.5 Å². The minimum Gasteiger partial charge on any atom is -0.489 e. The van der Waals surface area contributed by atoms with Crippen molar-refractivity contribution in [2.45, 2.75) is 25.9 Å². The molecule has 0 saturated heterocycles. The van der Waals surface area contributed by atoms with E-state index in [9.17, 15) is 10.1 Å². The fraction of sp³-hybridized carbons (Fsp3) is 0.125. The van der Waals surface area contributed by atoms with Crippen LogP contribution < -0.4 is 19.9 Å². The van der Waals surface area contributed by atoms with Crippen LogP contribution in [0.1, 0.15) is 33.7 Å². The molecular formula is C32H25ClN2O4. The predicted octanol–water partition coefficient (Wildman–Crippen LogP) is 6.59. The summed E-state index contributed by atoms with van der Waals surface area (Å²) in [5.41, 5.74) is 11.1. The maximum atomic E-state index is 12.5. The number of esters is 1. The Bertz CT molecular complexity index is 1590. The number of halogens is 1. The van der Waals surface area contributed by atoms with Crippen LogP contribution in [0.15, 0.2) is 102 Å². The highest BCUT2D eigenvalue weighted by Gasteiger charge is 2.31. The number of nitriles is 1. The van der Waals surface area contributed by atoms with Crippen molar-refractivity contribution in [2.24, 2.45) is 5.73 Å². The molecule has 1 unspecified atom stereocenters. The summed E-state index contributed by atoms with van der Waals surface area (Å²) in [4.78, 5) is 12.5. The molecule has 5 rings (SSSR count). The van der Waals surface area contributed by atoms with Gasteiger partial charge in [-0.25, -0.2) is 0 Å². The molecule has 0 fully saturated rings. The average molecular weight is 537 g/mol. The molecule has 4 aromatic rings. The number of ether oxygens (including phenoxy) is 3. The summed E-state index contributed by atoms with van der Waals surface area (Å²) in [6.07, 6.45) is 0.0910. The van der Waals surface area contributed by atoms with Crippen molar-refractivity contribution in [2.75, 3.05) is 0 Å². The van der Waals surface area contributed by atoms with Crippen LogP contribution in [0.2, 0.25) is 5.02 Å². The van der Waals surface area contributed by atoms with Crippen molar-refractivity contribution < 1.29 is 19.0 Å². The van der Waals surface area contributed by atoms with Gasteiger partial charge in [0.1, 0.15) is 35.5 Å². The fourth-order valence-corrected chi connectivity index (χ4v) is 4.54. The summed E-state index contributed by atoms with van der Waals surface area (Å²) in [7, 11) is 0. The molecular weight excluding hydrogens is 512 g/mol. The van der Waals surface area contributed by atoms with Gasteiger partial charge >= 0.3 is 5.97 Å². The summed E-state index contributed by atoms with van der Waals surface area (Å²) >= 11 is 5.92. The van der Waals surface area contributed by atoms with E-state index in [0.29, 0.717) is 34.5 Å². The van der Waals surface area contributed by atoms with Crippen molar-refractivity contribution >= 4 is 17.6 Å². The summed E-state index contributed by atoms with van der Waals surface area (Å²) < 4.78 is 17.4. The van der Waals surface area contributed by atoms with Crippen LogP contribution >= 0.6 is 11.6 Å². The van der Waals surface area contributed by atoms with Gasteiger partial charge in [0, 0.05) is 16.7 Å². The number of benzene rings is 4. The molecule has 0 aliphatic carbocycles. The highest BCUT2D eigenvalue weighted by Crippen LogP contribution is 2.44. The molecule has 0 spiro atoms. The maximum absolute atomic E-state index is 12.5. The summed E-state index contributed by atoms with van der Waals surface area (Å²) in [5.74, 6) is 0.509. The van der Waals surface area contributed by atoms with E-state index < -0.39 is 11.9 Å². The number of hydrogen-bond acceptors (Lipinski definition) is 6. The zero-order chi connectivity index (χ0) is 27.4. The number of nitrogens with two attached hydrogens (primary N) is 1. The topological polar surface area (TPSA) is 94.6 Å². The van der Waals surface area contributed by atoms with E-state index in [1.54, 1.807) is 42.5 Å². The Labute approximate surface area is 231 Å². The molecule has 6 nitrogen and oxygen atoms in total. The fourth-order valence-electron chi connectivity index (χ4n) is 4.41. The maximum Gasteiger partial charge on any atom is 0.315 e. The zero-order valence-corrected chi connectivity index (χ0v) is 21.9. The number of nitrogens with zero attached hydrogens (tertiary/aromatic N) is 1. The third kappa shape index (κ3) is 6.06. The first-order valence-electron chi connectivity index (χ1n) is 12.3. The van der Waals surface area contributed by atoms with Gasteiger partial charge in [-0.15, -0.1) is 0 Å². The van der Waals surface area contributed by atoms with Crippen molar-refractivity contribution in [1.82, 2.24) is 0 Å². The Kier molecular flexibility index (Phi) is 7.53. The summed E-state index contributed by atoms with van der Waals surface area (Å²) in [6, 6.07) is 30.0. The summed E-state index contributed by atoms with van der Waals surface area (Å²) in [5, 5.41) is 10.5. The van der Waals surface area contributed by atoms with Crippen LogP contribution in [0.4, 0.5) is 0 Å². The molecule has 1 atom stereocenters. The van der Waals surface area contributed by atoms with Gasteiger partial charge in [-0.2, -0.15) is 5.26 Å². The van der Waals surface area contributed by atoms with Gasteiger partial charge in [-0.05, 0) is 53.9 Å². The minimum absolute atomic E-state index is 0.00520. The van der Waals surface area contributed by atoms with E-state index in [2.05, 4.69) is 6.07 Å². The van der Waals surface area contributed by atoms with Gasteiger partial charge in [-0.1, -0.05) is 71.8 Å². The standard InChI is InChI=1S/C32H25ClN2O4/c1-20-5-7-22(8-6-20)19-37-25-4-2-3-23(16-25)31-27-14-13-26(17-29(27)39-32(35)28(31)18-34)38-30(36)15-21-9-11-24(33)12-10-21/h2-14,16-17,31H,15,19,35H2,1H3. The van der Waals surface area contributed by atoms with Crippen LogP contribution in [-0.4, -0.2) is 5.97 Å². The van der Waals surface area contributed by atoms with Crippen molar-refractivity contribution in [3.8, 4) is 23.3 Å². The SMILES string of the molecule is Cc1ccc(COc2cccc(C3C(C#N)=C(N)Oc4cc(OC(=O)Cc5ccc(Cl)cc5)ccc43)c2)cc1. The van der Waals surface area contributed by atoms with E-state index in [4.69, 9.17) is 31.5 Å². The highest BCUT2D eigenvalue weighted by atomic mass is 35.5. The van der Waals surface area contributed by atoms with Gasteiger partial charge in [0.2, 0.25) is 5.88 Å². The molecule has 0 amide bonds. The Morgan fingerprint density at radius 1 is 0.974 bits per heavy atom. The lowest BCUT2D eigenvalue weighted by Gasteiger charge is -2.27. The zero-order valence-electron chi connectivity index (χ0n) is 21.2. The highest BCUT2D eigenvalue weighted by molar-refractivity contribution is 6.30. The van der Waals surface area contributed by atoms with Crippen LogP contribution in [0.25, 0.3) is 0 Å². The number of aryl methyl sites for hydroxylation is 1. The number of rotatable bonds is 7. The first-order chi connectivity index (χ1) is 18.9. The largest absolute Gasteiger partial charge is 0.489 e. The lowest BCUT2D eigenvalue weighted by Crippen LogP contribution is -2.21. The second-order valence-electron chi connectivity index (χ2n) is 9.25. The monoisotopic (exact) mass is 536 g/mol. The molecule has 194 valence electrons.